The molecule has 0 radical (unpaired) electrons. The molecule has 5 nitrogen and oxygen atoms in total. The highest BCUT2D eigenvalue weighted by atomic mass is 16.5. The number of carboxylic acid groups (broad SMARTS) is 1. The number of hydrogen-bond donors (Lipinski definition) is 1. The highest BCUT2D eigenvalue weighted by Gasteiger charge is 2.29. The van der Waals surface area contributed by atoms with E-state index in [1.807, 2.05) is 0 Å². The van der Waals surface area contributed by atoms with Gasteiger partial charge in [-0.15, -0.1) is 0 Å². The lowest BCUT2D eigenvalue weighted by molar-refractivity contribution is -0.146. The minimum Gasteiger partial charge on any atom is -0.481 e. The van der Waals surface area contributed by atoms with E-state index >= 15 is 0 Å². The first kappa shape index (κ1) is 13.3. The molecular weight excluding hydrogens is 234 g/mol. The number of amides is 1. The van der Waals surface area contributed by atoms with Crippen molar-refractivity contribution in [2.45, 2.75) is 44.6 Å². The lowest BCUT2D eigenvalue weighted by atomic mass is 9.97. The SMILES string of the molecule is O=C(O)[C@H]1CCCN(C(=O)C[C@H]2CCCCO2)C1. The number of likely N-dealkylation sites (tertiary alicyclic amines) is 1. The summed E-state index contributed by atoms with van der Waals surface area (Å²) < 4.78 is 5.55. The Bertz CT molecular complexity index is 312. The van der Waals surface area contributed by atoms with Crippen molar-refractivity contribution in [2.24, 2.45) is 5.92 Å². The number of hydrogen-bond acceptors (Lipinski definition) is 3. The molecule has 0 spiro atoms. The second kappa shape index (κ2) is 6.18. The van der Waals surface area contributed by atoms with Gasteiger partial charge in [0.05, 0.1) is 18.4 Å². The van der Waals surface area contributed by atoms with Crippen LogP contribution in [0.2, 0.25) is 0 Å². The molecule has 0 aromatic carbocycles. The van der Waals surface area contributed by atoms with Gasteiger partial charge in [-0.2, -0.15) is 0 Å². The van der Waals surface area contributed by atoms with Crippen LogP contribution < -0.4 is 0 Å². The van der Waals surface area contributed by atoms with Crippen molar-refractivity contribution in [1.82, 2.24) is 4.90 Å². The molecule has 2 heterocycles. The molecular formula is C13H21NO4. The summed E-state index contributed by atoms with van der Waals surface area (Å²) in [5, 5.41) is 9.00. The molecule has 2 aliphatic rings. The van der Waals surface area contributed by atoms with E-state index in [9.17, 15) is 9.59 Å². The Kier molecular flexibility index (Phi) is 4.58. The van der Waals surface area contributed by atoms with Gasteiger partial charge in [-0.25, -0.2) is 0 Å². The predicted molar refractivity (Wildman–Crippen MR) is 65.1 cm³/mol. The second-order valence-electron chi connectivity index (χ2n) is 5.21. The van der Waals surface area contributed by atoms with Crippen molar-refractivity contribution >= 4 is 11.9 Å². The van der Waals surface area contributed by atoms with Crippen LogP contribution in [-0.2, 0) is 14.3 Å². The zero-order valence-electron chi connectivity index (χ0n) is 10.6. The molecule has 0 aromatic heterocycles. The third kappa shape index (κ3) is 3.45. The van der Waals surface area contributed by atoms with Gasteiger partial charge in [0.2, 0.25) is 5.91 Å². The molecule has 1 amide bonds. The summed E-state index contributed by atoms with van der Waals surface area (Å²) in [5.74, 6) is -1.13. The summed E-state index contributed by atoms with van der Waals surface area (Å²) in [6, 6.07) is 0. The number of rotatable bonds is 3. The minimum atomic E-state index is -0.790. The van der Waals surface area contributed by atoms with E-state index in [1.54, 1.807) is 4.90 Å². The summed E-state index contributed by atoms with van der Waals surface area (Å²) in [6.07, 6.45) is 5.06. The van der Waals surface area contributed by atoms with Gasteiger partial charge in [0.1, 0.15) is 0 Å². The Labute approximate surface area is 107 Å². The second-order valence-corrected chi connectivity index (χ2v) is 5.21. The fourth-order valence-corrected chi connectivity index (χ4v) is 2.70. The van der Waals surface area contributed by atoms with Crippen LogP contribution in [-0.4, -0.2) is 47.7 Å². The third-order valence-corrected chi connectivity index (χ3v) is 3.80. The summed E-state index contributed by atoms with van der Waals surface area (Å²) in [7, 11) is 0. The van der Waals surface area contributed by atoms with E-state index < -0.39 is 11.9 Å². The monoisotopic (exact) mass is 255 g/mol. The van der Waals surface area contributed by atoms with Crippen LogP contribution in [0.3, 0.4) is 0 Å². The van der Waals surface area contributed by atoms with Gasteiger partial charge < -0.3 is 14.7 Å². The quantitative estimate of drug-likeness (QED) is 0.824. The van der Waals surface area contributed by atoms with E-state index in [4.69, 9.17) is 9.84 Å². The van der Waals surface area contributed by atoms with Crippen molar-refractivity contribution in [3.63, 3.8) is 0 Å². The number of aliphatic carboxylic acids is 1. The van der Waals surface area contributed by atoms with Gasteiger partial charge in [0, 0.05) is 19.7 Å². The number of piperidine rings is 1. The van der Waals surface area contributed by atoms with Gasteiger partial charge in [-0.3, -0.25) is 9.59 Å². The Morgan fingerprint density at radius 3 is 2.72 bits per heavy atom. The maximum Gasteiger partial charge on any atom is 0.308 e. The molecule has 2 saturated heterocycles. The average Bonchev–Trinajstić information content (AvgIpc) is 2.40. The summed E-state index contributed by atoms with van der Waals surface area (Å²) >= 11 is 0. The third-order valence-electron chi connectivity index (χ3n) is 3.80. The zero-order valence-corrected chi connectivity index (χ0v) is 10.6. The van der Waals surface area contributed by atoms with E-state index in [-0.39, 0.29) is 12.0 Å². The molecule has 0 bridgehead atoms. The van der Waals surface area contributed by atoms with E-state index in [0.717, 1.165) is 32.3 Å². The Morgan fingerprint density at radius 2 is 2.06 bits per heavy atom. The van der Waals surface area contributed by atoms with Gasteiger partial charge in [-0.1, -0.05) is 0 Å². The van der Waals surface area contributed by atoms with Crippen molar-refractivity contribution in [3.8, 4) is 0 Å². The van der Waals surface area contributed by atoms with Crippen molar-refractivity contribution in [3.05, 3.63) is 0 Å². The van der Waals surface area contributed by atoms with Crippen molar-refractivity contribution < 1.29 is 19.4 Å². The number of ether oxygens (including phenoxy) is 1. The highest BCUT2D eigenvalue weighted by molar-refractivity contribution is 5.78. The molecule has 102 valence electrons. The molecule has 5 heteroatoms. The van der Waals surface area contributed by atoms with Crippen LogP contribution in [0.4, 0.5) is 0 Å². The summed E-state index contributed by atoms with van der Waals surface area (Å²) in [5.41, 5.74) is 0. The fraction of sp³-hybridized carbons (Fsp3) is 0.846. The Balaban J connectivity index is 1.82. The molecule has 2 atom stereocenters. The molecule has 0 unspecified atom stereocenters. The molecule has 18 heavy (non-hydrogen) atoms. The number of carboxylic acids is 1. The zero-order chi connectivity index (χ0) is 13.0. The number of nitrogens with zero attached hydrogens (tertiary/aromatic N) is 1. The smallest absolute Gasteiger partial charge is 0.308 e. The van der Waals surface area contributed by atoms with Gasteiger partial charge in [-0.05, 0) is 32.1 Å². The molecule has 0 aromatic rings. The Hall–Kier alpha value is -1.10. The van der Waals surface area contributed by atoms with Crippen molar-refractivity contribution in [1.29, 1.82) is 0 Å². The number of carbonyl (C=O) groups excluding carboxylic acids is 1. The molecule has 1 N–H and O–H groups in total. The Morgan fingerprint density at radius 1 is 1.22 bits per heavy atom. The summed E-state index contributed by atoms with van der Waals surface area (Å²) in [4.78, 5) is 24.7. The topological polar surface area (TPSA) is 66.8 Å². The lowest BCUT2D eigenvalue weighted by Crippen LogP contribution is -2.43. The van der Waals surface area contributed by atoms with E-state index in [1.165, 1.54) is 0 Å². The van der Waals surface area contributed by atoms with Crippen LogP contribution in [0.1, 0.15) is 38.5 Å². The van der Waals surface area contributed by atoms with Crippen LogP contribution in [0, 0.1) is 5.92 Å². The highest BCUT2D eigenvalue weighted by Crippen LogP contribution is 2.20. The summed E-state index contributed by atoms with van der Waals surface area (Å²) in [6.45, 7) is 1.80. The van der Waals surface area contributed by atoms with Gasteiger partial charge in [0.25, 0.3) is 0 Å². The molecule has 2 fully saturated rings. The van der Waals surface area contributed by atoms with Crippen LogP contribution in [0.25, 0.3) is 0 Å². The minimum absolute atomic E-state index is 0.0384. The largest absolute Gasteiger partial charge is 0.481 e. The lowest BCUT2D eigenvalue weighted by Gasteiger charge is -2.32. The first-order valence-electron chi connectivity index (χ1n) is 6.79. The van der Waals surface area contributed by atoms with Crippen LogP contribution >= 0.6 is 0 Å². The first-order valence-corrected chi connectivity index (χ1v) is 6.79. The molecule has 2 aliphatic heterocycles. The fourth-order valence-electron chi connectivity index (χ4n) is 2.70. The molecule has 0 saturated carbocycles. The van der Waals surface area contributed by atoms with Gasteiger partial charge >= 0.3 is 5.97 Å². The van der Waals surface area contributed by atoms with E-state index in [2.05, 4.69) is 0 Å². The van der Waals surface area contributed by atoms with Crippen molar-refractivity contribution in [2.75, 3.05) is 19.7 Å². The van der Waals surface area contributed by atoms with E-state index in [0.29, 0.717) is 25.9 Å². The van der Waals surface area contributed by atoms with Crippen LogP contribution in [0.5, 0.6) is 0 Å². The maximum atomic E-state index is 12.1. The standard InChI is InChI=1S/C13H21NO4/c15-12(8-11-5-1-2-7-18-11)14-6-3-4-10(9-14)13(16)17/h10-11H,1-9H2,(H,16,17)/t10-,11+/m0/s1. The average molecular weight is 255 g/mol. The maximum absolute atomic E-state index is 12.1. The number of carbonyl (C=O) groups is 2. The molecule has 2 rings (SSSR count). The first-order chi connectivity index (χ1) is 8.66. The van der Waals surface area contributed by atoms with Gasteiger partial charge in [0.15, 0.2) is 0 Å². The molecule has 0 aliphatic carbocycles. The normalized spacial score (nSPS) is 29.0. The predicted octanol–water partition coefficient (Wildman–Crippen LogP) is 1.27. The van der Waals surface area contributed by atoms with Crippen LogP contribution in [0.15, 0.2) is 0 Å².